The highest BCUT2D eigenvalue weighted by molar-refractivity contribution is 6.36. The molecule has 1 aliphatic heterocycles. The number of halogens is 2. The molecule has 0 aliphatic carbocycles. The van der Waals surface area contributed by atoms with Gasteiger partial charge in [0.25, 0.3) is 5.91 Å². The fourth-order valence-corrected chi connectivity index (χ4v) is 3.20. The van der Waals surface area contributed by atoms with Crippen LogP contribution in [0.5, 0.6) is 0 Å². The second kappa shape index (κ2) is 8.67. The van der Waals surface area contributed by atoms with Crippen molar-refractivity contribution in [3.63, 3.8) is 0 Å². The number of benzene rings is 1. The number of hydrogen-bond donors (Lipinski definition) is 2. The number of amides is 1. The Hall–Kier alpha value is -1.60. The Kier molecular flexibility index (Phi) is 6.31. The zero-order chi connectivity index (χ0) is 17.6. The van der Waals surface area contributed by atoms with Crippen molar-refractivity contribution < 1.29 is 9.53 Å². The summed E-state index contributed by atoms with van der Waals surface area (Å²) in [6.45, 7) is 5.07. The first-order valence-electron chi connectivity index (χ1n) is 8.22. The maximum atomic E-state index is 12.2. The van der Waals surface area contributed by atoms with Gasteiger partial charge in [-0.25, -0.2) is 0 Å². The highest BCUT2D eigenvalue weighted by atomic mass is 35.5. The Bertz CT molecular complexity index is 729. The first kappa shape index (κ1) is 18.2. The van der Waals surface area contributed by atoms with Crippen LogP contribution in [0.15, 0.2) is 24.3 Å². The minimum Gasteiger partial charge on any atom is -0.379 e. The summed E-state index contributed by atoms with van der Waals surface area (Å²) in [5, 5.41) is 10.9. The molecule has 2 heterocycles. The van der Waals surface area contributed by atoms with Gasteiger partial charge in [-0.15, -0.1) is 0 Å². The first-order chi connectivity index (χ1) is 12.1. The molecule has 0 spiro atoms. The van der Waals surface area contributed by atoms with Gasteiger partial charge in [-0.3, -0.25) is 14.8 Å². The van der Waals surface area contributed by atoms with Gasteiger partial charge in [0.15, 0.2) is 0 Å². The molecule has 1 fully saturated rings. The average molecular weight is 383 g/mol. The lowest BCUT2D eigenvalue weighted by molar-refractivity contribution is 0.0374. The summed E-state index contributed by atoms with van der Waals surface area (Å²) < 4.78 is 5.32. The highest BCUT2D eigenvalue weighted by Crippen LogP contribution is 2.29. The van der Waals surface area contributed by atoms with E-state index in [1.807, 2.05) is 0 Å². The second-order valence-electron chi connectivity index (χ2n) is 5.85. The number of nitrogens with one attached hydrogen (secondary N) is 2. The molecular formula is C17H20Cl2N4O2. The topological polar surface area (TPSA) is 70.2 Å². The third kappa shape index (κ3) is 4.95. The van der Waals surface area contributed by atoms with E-state index in [0.717, 1.165) is 44.8 Å². The number of carbonyl (C=O) groups is 1. The molecule has 6 nitrogen and oxygen atoms in total. The van der Waals surface area contributed by atoms with Crippen LogP contribution in [-0.2, 0) is 4.74 Å². The van der Waals surface area contributed by atoms with Gasteiger partial charge in [0.05, 0.1) is 23.9 Å². The number of hydrogen-bond acceptors (Lipinski definition) is 4. The molecule has 0 saturated carbocycles. The zero-order valence-electron chi connectivity index (χ0n) is 13.7. The maximum Gasteiger partial charge on any atom is 0.269 e. The molecule has 1 aromatic carbocycles. The predicted molar refractivity (Wildman–Crippen MR) is 98.3 cm³/mol. The molecule has 1 saturated heterocycles. The number of nitrogens with zero attached hydrogens (tertiary/aromatic N) is 2. The summed E-state index contributed by atoms with van der Waals surface area (Å²) >= 11 is 12.1. The van der Waals surface area contributed by atoms with Gasteiger partial charge in [-0.2, -0.15) is 5.10 Å². The molecule has 1 aromatic heterocycles. The van der Waals surface area contributed by atoms with Gasteiger partial charge in [0.1, 0.15) is 5.69 Å². The molecule has 8 heteroatoms. The van der Waals surface area contributed by atoms with E-state index in [-0.39, 0.29) is 5.91 Å². The molecule has 3 rings (SSSR count). The van der Waals surface area contributed by atoms with Crippen LogP contribution in [-0.4, -0.2) is 60.4 Å². The number of H-pyrrole nitrogens is 1. The van der Waals surface area contributed by atoms with E-state index in [0.29, 0.717) is 28.0 Å². The molecule has 1 amide bonds. The zero-order valence-corrected chi connectivity index (χ0v) is 15.2. The minimum atomic E-state index is -0.175. The molecule has 2 aromatic rings. The van der Waals surface area contributed by atoms with E-state index in [1.165, 1.54) is 0 Å². The van der Waals surface area contributed by atoms with E-state index in [1.54, 1.807) is 24.3 Å². The van der Waals surface area contributed by atoms with Crippen LogP contribution in [0.3, 0.4) is 0 Å². The van der Waals surface area contributed by atoms with Crippen LogP contribution < -0.4 is 5.32 Å². The molecule has 0 atom stereocenters. The van der Waals surface area contributed by atoms with Crippen molar-refractivity contribution in [3.8, 4) is 11.3 Å². The van der Waals surface area contributed by atoms with Crippen molar-refractivity contribution in [2.24, 2.45) is 0 Å². The number of aromatic amines is 1. The predicted octanol–water partition coefficient (Wildman–Crippen LogP) is 2.84. The third-order valence-electron chi connectivity index (χ3n) is 4.07. The van der Waals surface area contributed by atoms with Gasteiger partial charge in [0.2, 0.25) is 0 Å². The van der Waals surface area contributed by atoms with E-state index in [4.69, 9.17) is 27.9 Å². The molecule has 1 aliphatic rings. The summed E-state index contributed by atoms with van der Waals surface area (Å²) in [7, 11) is 0. The van der Waals surface area contributed by atoms with Gasteiger partial charge < -0.3 is 10.1 Å². The number of aromatic nitrogens is 2. The van der Waals surface area contributed by atoms with Gasteiger partial charge in [0, 0.05) is 30.2 Å². The standard InChI is InChI=1S/C17H20Cl2N4O2/c18-12-2-3-13(14(19)10-12)15-11-16(22-21-15)17(24)20-4-1-5-23-6-8-25-9-7-23/h2-3,10-11H,1,4-9H2,(H,20,24)(H,21,22). The van der Waals surface area contributed by atoms with Crippen LogP contribution in [0.2, 0.25) is 10.0 Å². The van der Waals surface area contributed by atoms with Crippen LogP contribution >= 0.6 is 23.2 Å². The Morgan fingerprint density at radius 2 is 2.08 bits per heavy atom. The summed E-state index contributed by atoms with van der Waals surface area (Å²) in [5.74, 6) is -0.175. The lowest BCUT2D eigenvalue weighted by atomic mass is 10.1. The van der Waals surface area contributed by atoms with Crippen LogP contribution in [0.25, 0.3) is 11.3 Å². The normalized spacial score (nSPS) is 15.3. The Morgan fingerprint density at radius 1 is 1.28 bits per heavy atom. The van der Waals surface area contributed by atoms with Crippen LogP contribution in [0.1, 0.15) is 16.9 Å². The van der Waals surface area contributed by atoms with Crippen molar-refractivity contribution in [2.45, 2.75) is 6.42 Å². The van der Waals surface area contributed by atoms with Crippen molar-refractivity contribution in [2.75, 3.05) is 39.4 Å². The molecule has 0 radical (unpaired) electrons. The van der Waals surface area contributed by atoms with E-state index in [9.17, 15) is 4.79 Å². The maximum absolute atomic E-state index is 12.2. The quantitative estimate of drug-likeness (QED) is 0.753. The van der Waals surface area contributed by atoms with Crippen LogP contribution in [0, 0.1) is 0 Å². The molecular weight excluding hydrogens is 363 g/mol. The number of carbonyl (C=O) groups excluding carboxylic acids is 1. The number of rotatable bonds is 6. The van der Waals surface area contributed by atoms with Gasteiger partial charge in [-0.1, -0.05) is 23.2 Å². The van der Waals surface area contributed by atoms with E-state index >= 15 is 0 Å². The highest BCUT2D eigenvalue weighted by Gasteiger charge is 2.14. The molecule has 134 valence electrons. The van der Waals surface area contributed by atoms with E-state index < -0.39 is 0 Å². The third-order valence-corrected chi connectivity index (χ3v) is 4.62. The molecule has 0 bridgehead atoms. The molecule has 25 heavy (non-hydrogen) atoms. The molecule has 0 unspecified atom stereocenters. The summed E-state index contributed by atoms with van der Waals surface area (Å²) in [6, 6.07) is 6.86. The van der Waals surface area contributed by atoms with Gasteiger partial charge >= 0.3 is 0 Å². The first-order valence-corrected chi connectivity index (χ1v) is 8.98. The fourth-order valence-electron chi connectivity index (χ4n) is 2.70. The lowest BCUT2D eigenvalue weighted by Crippen LogP contribution is -2.38. The minimum absolute atomic E-state index is 0.175. The summed E-state index contributed by atoms with van der Waals surface area (Å²) in [6.07, 6.45) is 0.899. The number of ether oxygens (including phenoxy) is 1. The largest absolute Gasteiger partial charge is 0.379 e. The smallest absolute Gasteiger partial charge is 0.269 e. The lowest BCUT2D eigenvalue weighted by Gasteiger charge is -2.26. The Labute approximate surface area is 156 Å². The Balaban J connectivity index is 1.50. The SMILES string of the molecule is O=C(NCCCN1CCOCC1)c1cc(-c2ccc(Cl)cc2Cl)n[nH]1. The van der Waals surface area contributed by atoms with Crippen LogP contribution in [0.4, 0.5) is 0 Å². The van der Waals surface area contributed by atoms with Gasteiger partial charge in [-0.05, 0) is 37.2 Å². The fraction of sp³-hybridized carbons (Fsp3) is 0.412. The summed E-state index contributed by atoms with van der Waals surface area (Å²) in [5.41, 5.74) is 1.75. The molecule has 2 N–H and O–H groups in total. The monoisotopic (exact) mass is 382 g/mol. The van der Waals surface area contributed by atoms with Crippen molar-refractivity contribution in [1.82, 2.24) is 20.4 Å². The summed E-state index contributed by atoms with van der Waals surface area (Å²) in [4.78, 5) is 14.5. The Morgan fingerprint density at radius 3 is 2.84 bits per heavy atom. The van der Waals surface area contributed by atoms with Crippen molar-refractivity contribution in [3.05, 3.63) is 40.0 Å². The second-order valence-corrected chi connectivity index (χ2v) is 6.70. The van der Waals surface area contributed by atoms with Crippen molar-refractivity contribution >= 4 is 29.1 Å². The van der Waals surface area contributed by atoms with E-state index in [2.05, 4.69) is 20.4 Å². The average Bonchev–Trinajstić information content (AvgIpc) is 3.09. The van der Waals surface area contributed by atoms with Crippen molar-refractivity contribution in [1.29, 1.82) is 0 Å². The number of morpholine rings is 1.